The van der Waals surface area contributed by atoms with Crippen LogP contribution in [0, 0.1) is 5.92 Å². The molecule has 0 radical (unpaired) electrons. The van der Waals surface area contributed by atoms with Gasteiger partial charge in [0.15, 0.2) is 0 Å². The van der Waals surface area contributed by atoms with Gasteiger partial charge in [0.25, 0.3) is 0 Å². The highest BCUT2D eigenvalue weighted by Crippen LogP contribution is 2.22. The van der Waals surface area contributed by atoms with Gasteiger partial charge >= 0.3 is 0 Å². The van der Waals surface area contributed by atoms with Crippen LogP contribution in [0.2, 0.25) is 0 Å². The lowest BCUT2D eigenvalue weighted by molar-refractivity contribution is -0.136. The van der Waals surface area contributed by atoms with Gasteiger partial charge < -0.3 is 9.64 Å². The van der Waals surface area contributed by atoms with Gasteiger partial charge in [0.05, 0.1) is 13.2 Å². The molecule has 0 N–H and O–H groups in total. The van der Waals surface area contributed by atoms with Crippen molar-refractivity contribution in [2.45, 2.75) is 25.8 Å². The predicted molar refractivity (Wildman–Crippen MR) is 84.3 cm³/mol. The lowest BCUT2D eigenvalue weighted by Crippen LogP contribution is -2.42. The van der Waals surface area contributed by atoms with E-state index >= 15 is 0 Å². The van der Waals surface area contributed by atoms with E-state index in [2.05, 4.69) is 22.0 Å². The van der Waals surface area contributed by atoms with Gasteiger partial charge in [0.2, 0.25) is 5.91 Å². The van der Waals surface area contributed by atoms with E-state index in [9.17, 15) is 4.79 Å². The number of nitrogens with zero attached hydrogens (tertiary/aromatic N) is 3. The van der Waals surface area contributed by atoms with Gasteiger partial charge in [-0.15, -0.1) is 0 Å². The van der Waals surface area contributed by atoms with E-state index in [-0.39, 0.29) is 0 Å². The first-order chi connectivity index (χ1) is 10.8. The zero-order chi connectivity index (χ0) is 15.2. The quantitative estimate of drug-likeness (QED) is 0.846. The number of carbonyl (C=O) groups is 1. The molecule has 0 aromatic carbocycles. The second-order valence-corrected chi connectivity index (χ2v) is 6.27. The number of hydrogen-bond donors (Lipinski definition) is 0. The van der Waals surface area contributed by atoms with Crippen molar-refractivity contribution in [1.29, 1.82) is 0 Å². The highest BCUT2D eigenvalue weighted by molar-refractivity contribution is 5.76. The van der Waals surface area contributed by atoms with Gasteiger partial charge in [-0.2, -0.15) is 0 Å². The largest absolute Gasteiger partial charge is 0.378 e. The van der Waals surface area contributed by atoms with E-state index in [0.717, 1.165) is 45.6 Å². The summed E-state index contributed by atoms with van der Waals surface area (Å²) in [5.74, 6) is 0.861. The van der Waals surface area contributed by atoms with E-state index in [1.54, 1.807) is 0 Å². The minimum Gasteiger partial charge on any atom is -0.378 e. The summed E-state index contributed by atoms with van der Waals surface area (Å²) >= 11 is 0. The predicted octanol–water partition coefficient (Wildman–Crippen LogP) is 1.54. The fraction of sp³-hybridized carbons (Fsp3) is 0.647. The normalized spacial score (nSPS) is 21.0. The van der Waals surface area contributed by atoms with Crippen LogP contribution in [-0.4, -0.2) is 60.1 Å². The van der Waals surface area contributed by atoms with Gasteiger partial charge in [0.1, 0.15) is 0 Å². The van der Waals surface area contributed by atoms with Crippen LogP contribution in [0.5, 0.6) is 0 Å². The number of piperidine rings is 1. The van der Waals surface area contributed by atoms with E-state index in [1.165, 1.54) is 5.56 Å². The molecular formula is C17H25N3O2. The molecule has 0 saturated carbocycles. The molecule has 0 atom stereocenters. The molecule has 0 aliphatic carbocycles. The summed E-state index contributed by atoms with van der Waals surface area (Å²) in [5.41, 5.74) is 1.32. The SMILES string of the molecule is O=C(CC1CCN(Cc2ccncc2)CC1)N1CCOCC1. The first-order valence-electron chi connectivity index (χ1n) is 8.28. The van der Waals surface area contributed by atoms with E-state index in [0.29, 0.717) is 31.5 Å². The molecule has 120 valence electrons. The third-order valence-corrected chi connectivity index (χ3v) is 4.69. The molecule has 22 heavy (non-hydrogen) atoms. The van der Waals surface area contributed by atoms with Crippen molar-refractivity contribution in [3.63, 3.8) is 0 Å². The van der Waals surface area contributed by atoms with E-state index in [1.807, 2.05) is 17.3 Å². The monoisotopic (exact) mass is 303 g/mol. The zero-order valence-corrected chi connectivity index (χ0v) is 13.1. The Kier molecular flexibility index (Phi) is 5.40. The molecule has 2 saturated heterocycles. The number of aromatic nitrogens is 1. The summed E-state index contributed by atoms with van der Waals surface area (Å²) in [6, 6.07) is 4.15. The van der Waals surface area contributed by atoms with Crippen LogP contribution in [-0.2, 0) is 16.1 Å². The number of morpholine rings is 1. The van der Waals surface area contributed by atoms with Gasteiger partial charge in [-0.3, -0.25) is 14.7 Å². The molecule has 2 aliphatic heterocycles. The molecule has 0 spiro atoms. The Hall–Kier alpha value is -1.46. The second-order valence-electron chi connectivity index (χ2n) is 6.27. The Balaban J connectivity index is 1.40. The van der Waals surface area contributed by atoms with E-state index in [4.69, 9.17) is 4.74 Å². The van der Waals surface area contributed by atoms with Crippen molar-refractivity contribution in [1.82, 2.24) is 14.8 Å². The van der Waals surface area contributed by atoms with Crippen LogP contribution in [0.4, 0.5) is 0 Å². The van der Waals surface area contributed by atoms with Crippen molar-refractivity contribution in [2.24, 2.45) is 5.92 Å². The maximum absolute atomic E-state index is 12.3. The number of carbonyl (C=O) groups excluding carboxylic acids is 1. The fourth-order valence-electron chi connectivity index (χ4n) is 3.28. The second kappa shape index (κ2) is 7.70. The third kappa shape index (κ3) is 4.27. The number of rotatable bonds is 4. The summed E-state index contributed by atoms with van der Waals surface area (Å²) < 4.78 is 5.31. The molecule has 3 heterocycles. The van der Waals surface area contributed by atoms with Gasteiger partial charge in [-0.1, -0.05) is 0 Å². The molecule has 5 nitrogen and oxygen atoms in total. The van der Waals surface area contributed by atoms with Crippen LogP contribution in [0.25, 0.3) is 0 Å². The molecule has 5 heteroatoms. The minimum atomic E-state index is 0.316. The summed E-state index contributed by atoms with van der Waals surface area (Å²) in [6.45, 7) is 6.07. The number of pyridine rings is 1. The van der Waals surface area contributed by atoms with Crippen LogP contribution < -0.4 is 0 Å². The van der Waals surface area contributed by atoms with Crippen LogP contribution in [0.15, 0.2) is 24.5 Å². The average Bonchev–Trinajstić information content (AvgIpc) is 2.58. The lowest BCUT2D eigenvalue weighted by Gasteiger charge is -2.33. The molecule has 3 rings (SSSR count). The highest BCUT2D eigenvalue weighted by atomic mass is 16.5. The maximum atomic E-state index is 12.3. The van der Waals surface area contributed by atoms with Crippen molar-refractivity contribution < 1.29 is 9.53 Å². The molecule has 1 aromatic heterocycles. The van der Waals surface area contributed by atoms with E-state index < -0.39 is 0 Å². The van der Waals surface area contributed by atoms with Crippen LogP contribution in [0.3, 0.4) is 0 Å². The smallest absolute Gasteiger partial charge is 0.223 e. The minimum absolute atomic E-state index is 0.316. The first kappa shape index (κ1) is 15.4. The average molecular weight is 303 g/mol. The summed E-state index contributed by atoms with van der Waals surface area (Å²) in [4.78, 5) is 20.8. The number of ether oxygens (including phenoxy) is 1. The molecule has 2 aliphatic rings. The van der Waals surface area contributed by atoms with Crippen molar-refractivity contribution in [3.05, 3.63) is 30.1 Å². The molecule has 1 aromatic rings. The Morgan fingerprint density at radius 1 is 1.14 bits per heavy atom. The molecular weight excluding hydrogens is 278 g/mol. The molecule has 0 unspecified atom stereocenters. The van der Waals surface area contributed by atoms with Gasteiger partial charge in [0, 0.05) is 38.4 Å². The summed E-state index contributed by atoms with van der Waals surface area (Å²) in [7, 11) is 0. The van der Waals surface area contributed by atoms with Crippen molar-refractivity contribution >= 4 is 5.91 Å². The first-order valence-corrected chi connectivity index (χ1v) is 8.28. The summed E-state index contributed by atoms with van der Waals surface area (Å²) in [5, 5.41) is 0. The Bertz CT molecular complexity index is 466. The maximum Gasteiger partial charge on any atom is 0.223 e. The Labute approximate surface area is 132 Å². The molecule has 2 fully saturated rings. The highest BCUT2D eigenvalue weighted by Gasteiger charge is 2.24. The number of amides is 1. The molecule has 0 bridgehead atoms. The van der Waals surface area contributed by atoms with Crippen molar-refractivity contribution in [2.75, 3.05) is 39.4 Å². The number of likely N-dealkylation sites (tertiary alicyclic amines) is 1. The standard InChI is InChI=1S/C17H25N3O2/c21-17(20-9-11-22-12-10-20)13-15-3-7-19(8-4-15)14-16-1-5-18-6-2-16/h1-2,5-6,15H,3-4,7-14H2. The van der Waals surface area contributed by atoms with Gasteiger partial charge in [-0.05, 0) is 49.5 Å². The van der Waals surface area contributed by atoms with Crippen LogP contribution in [0.1, 0.15) is 24.8 Å². The summed E-state index contributed by atoms with van der Waals surface area (Å²) in [6.07, 6.45) is 6.66. The lowest BCUT2D eigenvalue weighted by atomic mass is 9.92. The Morgan fingerprint density at radius 3 is 2.50 bits per heavy atom. The van der Waals surface area contributed by atoms with Crippen molar-refractivity contribution in [3.8, 4) is 0 Å². The topological polar surface area (TPSA) is 45.7 Å². The Morgan fingerprint density at radius 2 is 1.82 bits per heavy atom. The molecule has 1 amide bonds. The van der Waals surface area contributed by atoms with Crippen LogP contribution >= 0.6 is 0 Å². The third-order valence-electron chi connectivity index (χ3n) is 4.69. The number of hydrogen-bond acceptors (Lipinski definition) is 4. The zero-order valence-electron chi connectivity index (χ0n) is 13.1. The fourth-order valence-corrected chi connectivity index (χ4v) is 3.28. The van der Waals surface area contributed by atoms with Gasteiger partial charge in [-0.25, -0.2) is 0 Å².